The largest absolute Gasteiger partial charge is 0.489 e. The standard InChI is InChI=1S/C22H30N2O/c1-22(2,3)21(24-14-12-23-13-15-24)19-10-7-11-20(16-19)25-17-18-8-5-4-6-9-18/h4-11,16,21,23H,12-15,17H2,1-3H3/t21-/m1/s1. The van der Waals surface area contributed by atoms with Gasteiger partial charge < -0.3 is 10.1 Å². The van der Waals surface area contributed by atoms with Gasteiger partial charge in [0.2, 0.25) is 0 Å². The predicted octanol–water partition coefficient (Wildman–Crippen LogP) is 4.26. The van der Waals surface area contributed by atoms with Crippen molar-refractivity contribution in [3.05, 3.63) is 65.7 Å². The van der Waals surface area contributed by atoms with Gasteiger partial charge in [0.15, 0.2) is 0 Å². The maximum absolute atomic E-state index is 6.05. The first-order valence-corrected chi connectivity index (χ1v) is 9.25. The summed E-state index contributed by atoms with van der Waals surface area (Å²) in [5.41, 5.74) is 2.72. The Kier molecular flexibility index (Phi) is 5.77. The highest BCUT2D eigenvalue weighted by Gasteiger charge is 2.32. The molecule has 1 saturated heterocycles. The van der Waals surface area contributed by atoms with Gasteiger partial charge in [-0.3, -0.25) is 4.90 Å². The van der Waals surface area contributed by atoms with Crippen LogP contribution in [-0.2, 0) is 6.61 Å². The van der Waals surface area contributed by atoms with Crippen LogP contribution in [0.15, 0.2) is 54.6 Å². The molecule has 3 nitrogen and oxygen atoms in total. The van der Waals surface area contributed by atoms with Crippen molar-refractivity contribution in [3.8, 4) is 5.75 Å². The zero-order valence-electron chi connectivity index (χ0n) is 15.7. The van der Waals surface area contributed by atoms with Crippen molar-refractivity contribution in [1.82, 2.24) is 10.2 Å². The smallest absolute Gasteiger partial charge is 0.120 e. The van der Waals surface area contributed by atoms with Gasteiger partial charge in [0, 0.05) is 32.2 Å². The Hall–Kier alpha value is -1.84. The summed E-state index contributed by atoms with van der Waals surface area (Å²) in [6.45, 7) is 11.9. The second-order valence-electron chi connectivity index (χ2n) is 7.90. The third kappa shape index (κ3) is 4.83. The monoisotopic (exact) mass is 338 g/mol. The van der Waals surface area contributed by atoms with E-state index in [0.717, 1.165) is 31.9 Å². The maximum Gasteiger partial charge on any atom is 0.120 e. The Morgan fingerprint density at radius 2 is 1.72 bits per heavy atom. The van der Waals surface area contributed by atoms with E-state index in [4.69, 9.17) is 4.74 Å². The number of hydrogen-bond acceptors (Lipinski definition) is 3. The van der Waals surface area contributed by atoms with Crippen molar-refractivity contribution in [2.45, 2.75) is 33.4 Å². The number of nitrogens with zero attached hydrogens (tertiary/aromatic N) is 1. The zero-order valence-corrected chi connectivity index (χ0v) is 15.7. The third-order valence-corrected chi connectivity index (χ3v) is 4.76. The first kappa shape index (κ1) is 18.0. The molecule has 1 aliphatic rings. The van der Waals surface area contributed by atoms with Crippen LogP contribution in [0.5, 0.6) is 5.75 Å². The Labute approximate surface area is 152 Å². The van der Waals surface area contributed by atoms with Crippen molar-refractivity contribution >= 4 is 0 Å². The third-order valence-electron chi connectivity index (χ3n) is 4.76. The van der Waals surface area contributed by atoms with Gasteiger partial charge in [-0.2, -0.15) is 0 Å². The molecule has 0 aromatic heterocycles. The lowest BCUT2D eigenvalue weighted by Crippen LogP contribution is -2.48. The van der Waals surface area contributed by atoms with Crippen LogP contribution < -0.4 is 10.1 Å². The van der Waals surface area contributed by atoms with E-state index in [-0.39, 0.29) is 5.41 Å². The molecule has 1 fully saturated rings. The summed E-state index contributed by atoms with van der Waals surface area (Å²) in [6, 6.07) is 19.4. The molecule has 134 valence electrons. The van der Waals surface area contributed by atoms with E-state index >= 15 is 0 Å². The lowest BCUT2D eigenvalue weighted by atomic mass is 9.81. The summed E-state index contributed by atoms with van der Waals surface area (Å²) in [4.78, 5) is 2.60. The van der Waals surface area contributed by atoms with Crippen molar-refractivity contribution in [1.29, 1.82) is 0 Å². The summed E-state index contributed by atoms with van der Waals surface area (Å²) in [5.74, 6) is 0.950. The quantitative estimate of drug-likeness (QED) is 0.882. The minimum atomic E-state index is 0.176. The Morgan fingerprint density at radius 1 is 1.00 bits per heavy atom. The van der Waals surface area contributed by atoms with Gasteiger partial charge in [-0.1, -0.05) is 63.2 Å². The molecule has 0 saturated carbocycles. The van der Waals surface area contributed by atoms with Crippen LogP contribution in [-0.4, -0.2) is 31.1 Å². The topological polar surface area (TPSA) is 24.5 Å². The van der Waals surface area contributed by atoms with Crippen LogP contribution in [0.2, 0.25) is 0 Å². The molecule has 0 radical (unpaired) electrons. The average Bonchev–Trinajstić information content (AvgIpc) is 2.61. The second kappa shape index (κ2) is 8.03. The molecule has 3 rings (SSSR count). The number of rotatable bonds is 5. The molecule has 0 spiro atoms. The molecular weight excluding hydrogens is 308 g/mol. The van der Waals surface area contributed by atoms with E-state index in [2.05, 4.69) is 79.5 Å². The van der Waals surface area contributed by atoms with Gasteiger partial charge in [-0.15, -0.1) is 0 Å². The van der Waals surface area contributed by atoms with E-state index in [9.17, 15) is 0 Å². The minimum absolute atomic E-state index is 0.176. The molecule has 1 heterocycles. The van der Waals surface area contributed by atoms with Gasteiger partial charge in [0.1, 0.15) is 12.4 Å². The zero-order chi connectivity index (χ0) is 17.7. The molecule has 3 heteroatoms. The number of benzene rings is 2. The highest BCUT2D eigenvalue weighted by atomic mass is 16.5. The van der Waals surface area contributed by atoms with Gasteiger partial charge in [0.25, 0.3) is 0 Å². The Balaban J connectivity index is 1.77. The first-order chi connectivity index (χ1) is 12.0. The Bertz CT molecular complexity index is 657. The van der Waals surface area contributed by atoms with E-state index in [0.29, 0.717) is 12.6 Å². The van der Waals surface area contributed by atoms with Crippen LogP contribution >= 0.6 is 0 Å². The Morgan fingerprint density at radius 3 is 2.40 bits per heavy atom. The summed E-state index contributed by atoms with van der Waals surface area (Å²) in [6.07, 6.45) is 0. The number of hydrogen-bond donors (Lipinski definition) is 1. The second-order valence-corrected chi connectivity index (χ2v) is 7.90. The fourth-order valence-corrected chi connectivity index (χ4v) is 3.71. The van der Waals surface area contributed by atoms with Crippen LogP contribution in [0.3, 0.4) is 0 Å². The lowest BCUT2D eigenvalue weighted by Gasteiger charge is -2.42. The van der Waals surface area contributed by atoms with Crippen LogP contribution in [0.25, 0.3) is 0 Å². The van der Waals surface area contributed by atoms with Crippen LogP contribution in [0.4, 0.5) is 0 Å². The van der Waals surface area contributed by atoms with Crippen molar-refractivity contribution in [2.24, 2.45) is 5.41 Å². The molecule has 0 aliphatic carbocycles. The highest BCUT2D eigenvalue weighted by molar-refractivity contribution is 5.32. The average molecular weight is 338 g/mol. The molecule has 0 unspecified atom stereocenters. The van der Waals surface area contributed by atoms with Crippen LogP contribution in [0.1, 0.15) is 37.9 Å². The number of ether oxygens (including phenoxy) is 1. The van der Waals surface area contributed by atoms with Gasteiger partial charge in [-0.25, -0.2) is 0 Å². The predicted molar refractivity (Wildman–Crippen MR) is 104 cm³/mol. The fourth-order valence-electron chi connectivity index (χ4n) is 3.71. The minimum Gasteiger partial charge on any atom is -0.489 e. The normalized spacial score (nSPS) is 17.2. The lowest BCUT2D eigenvalue weighted by molar-refractivity contribution is 0.0860. The molecular formula is C22H30N2O. The molecule has 2 aromatic carbocycles. The van der Waals surface area contributed by atoms with Gasteiger partial charge in [-0.05, 0) is 28.7 Å². The summed E-state index contributed by atoms with van der Waals surface area (Å²) in [5, 5.41) is 3.46. The molecule has 0 bridgehead atoms. The SMILES string of the molecule is CC(C)(C)[C@@H](c1cccc(OCc2ccccc2)c1)N1CCNCC1. The van der Waals surface area contributed by atoms with E-state index in [1.165, 1.54) is 11.1 Å². The van der Waals surface area contributed by atoms with Crippen molar-refractivity contribution in [3.63, 3.8) is 0 Å². The summed E-state index contributed by atoms with van der Waals surface area (Å²) < 4.78 is 6.05. The maximum atomic E-state index is 6.05. The summed E-state index contributed by atoms with van der Waals surface area (Å²) >= 11 is 0. The van der Waals surface area contributed by atoms with Gasteiger partial charge >= 0.3 is 0 Å². The van der Waals surface area contributed by atoms with E-state index in [1.807, 2.05) is 6.07 Å². The first-order valence-electron chi connectivity index (χ1n) is 9.25. The fraction of sp³-hybridized carbons (Fsp3) is 0.455. The van der Waals surface area contributed by atoms with E-state index < -0.39 is 0 Å². The number of piperazine rings is 1. The van der Waals surface area contributed by atoms with Crippen molar-refractivity contribution < 1.29 is 4.74 Å². The van der Waals surface area contributed by atoms with Gasteiger partial charge in [0.05, 0.1) is 0 Å². The highest BCUT2D eigenvalue weighted by Crippen LogP contribution is 2.39. The van der Waals surface area contributed by atoms with E-state index in [1.54, 1.807) is 0 Å². The summed E-state index contributed by atoms with van der Waals surface area (Å²) in [7, 11) is 0. The van der Waals surface area contributed by atoms with Crippen LogP contribution in [0, 0.1) is 5.41 Å². The molecule has 1 aliphatic heterocycles. The number of nitrogens with one attached hydrogen (secondary N) is 1. The molecule has 25 heavy (non-hydrogen) atoms. The van der Waals surface area contributed by atoms with Crippen molar-refractivity contribution in [2.75, 3.05) is 26.2 Å². The molecule has 2 aromatic rings. The molecule has 1 N–H and O–H groups in total. The molecule has 0 amide bonds. The molecule has 1 atom stereocenters.